The van der Waals surface area contributed by atoms with Crippen molar-refractivity contribution in [2.75, 3.05) is 31.1 Å². The van der Waals surface area contributed by atoms with E-state index in [1.165, 1.54) is 38.7 Å². The lowest BCUT2D eigenvalue weighted by atomic mass is 10.2. The van der Waals surface area contributed by atoms with E-state index in [2.05, 4.69) is 35.7 Å². The Hall–Kier alpha value is -0.390. The lowest BCUT2D eigenvalue weighted by molar-refractivity contribution is 0.260. The summed E-state index contributed by atoms with van der Waals surface area (Å²) in [5.41, 5.74) is 0. The Kier molecular flexibility index (Phi) is 3.73. The first-order valence-corrected chi connectivity index (χ1v) is 7.58. The van der Waals surface area contributed by atoms with Crippen molar-refractivity contribution in [1.29, 1.82) is 0 Å². The molecule has 1 unspecified atom stereocenters. The molecule has 0 aromatic carbocycles. The second-order valence-corrected chi connectivity index (χ2v) is 6.08. The molecule has 3 heterocycles. The Morgan fingerprint density at radius 3 is 2.78 bits per heavy atom. The Morgan fingerprint density at radius 1 is 1.22 bits per heavy atom. The third-order valence-corrected chi connectivity index (χ3v) is 5.09. The molecule has 1 aromatic rings. The van der Waals surface area contributed by atoms with Crippen LogP contribution in [-0.4, -0.2) is 47.1 Å². The predicted molar refractivity (Wildman–Crippen MR) is 76.2 cm³/mol. The normalized spacial score (nSPS) is 25.0. The average Bonchev–Trinajstić information content (AvgIpc) is 3.01. The summed E-state index contributed by atoms with van der Waals surface area (Å²) in [5, 5.41) is 0.490. The van der Waals surface area contributed by atoms with Gasteiger partial charge >= 0.3 is 0 Å². The summed E-state index contributed by atoms with van der Waals surface area (Å²) in [6.07, 6.45) is 5.44. The van der Waals surface area contributed by atoms with E-state index in [4.69, 9.17) is 11.6 Å². The van der Waals surface area contributed by atoms with Gasteiger partial charge in [-0.25, -0.2) is 9.97 Å². The van der Waals surface area contributed by atoms with Gasteiger partial charge in [0.25, 0.3) is 0 Å². The number of hydrogen-bond donors (Lipinski definition) is 0. The monoisotopic (exact) mass is 330 g/mol. The molecule has 4 nitrogen and oxygen atoms in total. The van der Waals surface area contributed by atoms with E-state index in [1.54, 1.807) is 0 Å². The molecule has 2 aliphatic rings. The molecule has 0 amide bonds. The van der Waals surface area contributed by atoms with Crippen molar-refractivity contribution in [3.05, 3.63) is 16.0 Å². The Labute approximate surface area is 120 Å². The fraction of sp³-hybridized carbons (Fsp3) is 0.667. The van der Waals surface area contributed by atoms with Crippen LogP contribution < -0.4 is 4.90 Å². The lowest BCUT2D eigenvalue weighted by Crippen LogP contribution is -2.35. The molecule has 1 atom stereocenters. The first-order chi connectivity index (χ1) is 8.75. The summed E-state index contributed by atoms with van der Waals surface area (Å²) in [6.45, 7) is 4.60. The largest absolute Gasteiger partial charge is 0.354 e. The molecule has 0 saturated carbocycles. The second-order valence-electron chi connectivity index (χ2n) is 4.93. The van der Waals surface area contributed by atoms with Crippen LogP contribution in [0, 0.1) is 0 Å². The zero-order valence-electron chi connectivity index (χ0n) is 10.1. The highest BCUT2D eigenvalue weighted by Crippen LogP contribution is 2.32. The molecule has 6 heteroatoms. The molecule has 18 heavy (non-hydrogen) atoms. The minimum Gasteiger partial charge on any atom is -0.354 e. The van der Waals surface area contributed by atoms with Gasteiger partial charge in [-0.15, -0.1) is 0 Å². The highest BCUT2D eigenvalue weighted by molar-refractivity contribution is 9.10. The fourth-order valence-corrected chi connectivity index (χ4v) is 3.48. The zero-order valence-corrected chi connectivity index (χ0v) is 12.5. The van der Waals surface area contributed by atoms with Crippen LogP contribution in [0.1, 0.15) is 19.3 Å². The standard InChI is InChI=1S/C12H16BrClN4/c13-10-11(14)15-8-16-12(10)18-6-3-9(7-18)17-4-1-2-5-17/h8-9H,1-7H2. The van der Waals surface area contributed by atoms with E-state index < -0.39 is 0 Å². The van der Waals surface area contributed by atoms with Crippen molar-refractivity contribution in [2.24, 2.45) is 0 Å². The summed E-state index contributed by atoms with van der Waals surface area (Å²) >= 11 is 9.50. The van der Waals surface area contributed by atoms with Crippen LogP contribution in [0.25, 0.3) is 0 Å². The molecule has 0 radical (unpaired) electrons. The molecule has 0 bridgehead atoms. The number of nitrogens with zero attached hydrogens (tertiary/aromatic N) is 4. The van der Waals surface area contributed by atoms with E-state index >= 15 is 0 Å². The van der Waals surface area contributed by atoms with E-state index in [9.17, 15) is 0 Å². The second kappa shape index (κ2) is 5.31. The zero-order chi connectivity index (χ0) is 12.5. The predicted octanol–water partition coefficient (Wildman–Crippen LogP) is 2.57. The summed E-state index contributed by atoms with van der Waals surface area (Å²) in [5.74, 6) is 0.927. The van der Waals surface area contributed by atoms with Gasteiger partial charge in [0, 0.05) is 19.1 Å². The summed E-state index contributed by atoms with van der Waals surface area (Å²) in [6, 6.07) is 0.674. The van der Waals surface area contributed by atoms with E-state index in [0.29, 0.717) is 11.2 Å². The van der Waals surface area contributed by atoms with Crippen LogP contribution in [-0.2, 0) is 0 Å². The van der Waals surface area contributed by atoms with Crippen molar-refractivity contribution in [1.82, 2.24) is 14.9 Å². The highest BCUT2D eigenvalue weighted by Gasteiger charge is 2.30. The van der Waals surface area contributed by atoms with Crippen LogP contribution in [0.3, 0.4) is 0 Å². The molecular weight excluding hydrogens is 316 g/mol. The van der Waals surface area contributed by atoms with Crippen LogP contribution in [0.4, 0.5) is 5.82 Å². The van der Waals surface area contributed by atoms with Crippen LogP contribution in [0.2, 0.25) is 5.15 Å². The maximum absolute atomic E-state index is 6.02. The molecule has 0 N–H and O–H groups in total. The number of halogens is 2. The first-order valence-electron chi connectivity index (χ1n) is 6.40. The van der Waals surface area contributed by atoms with Crippen molar-refractivity contribution in [3.63, 3.8) is 0 Å². The van der Waals surface area contributed by atoms with Gasteiger partial charge in [-0.1, -0.05) is 11.6 Å². The number of rotatable bonds is 2. The number of anilines is 1. The maximum Gasteiger partial charge on any atom is 0.148 e. The number of hydrogen-bond acceptors (Lipinski definition) is 4. The molecule has 2 saturated heterocycles. The molecule has 2 fully saturated rings. The molecule has 2 aliphatic heterocycles. The average molecular weight is 332 g/mol. The molecule has 0 aliphatic carbocycles. The van der Waals surface area contributed by atoms with E-state index in [-0.39, 0.29) is 0 Å². The lowest BCUT2D eigenvalue weighted by Gasteiger charge is -2.24. The topological polar surface area (TPSA) is 32.3 Å². The van der Waals surface area contributed by atoms with E-state index in [0.717, 1.165) is 23.4 Å². The van der Waals surface area contributed by atoms with Gasteiger partial charge < -0.3 is 4.90 Å². The Morgan fingerprint density at radius 2 is 2.00 bits per heavy atom. The van der Waals surface area contributed by atoms with Crippen molar-refractivity contribution in [2.45, 2.75) is 25.3 Å². The van der Waals surface area contributed by atoms with Gasteiger partial charge in [0.2, 0.25) is 0 Å². The molecule has 0 spiro atoms. The van der Waals surface area contributed by atoms with E-state index in [1.807, 2.05) is 0 Å². The van der Waals surface area contributed by atoms with Gasteiger partial charge in [0.05, 0.1) is 4.47 Å². The van der Waals surface area contributed by atoms with Gasteiger partial charge in [-0.05, 0) is 48.3 Å². The molecule has 1 aromatic heterocycles. The minimum absolute atomic E-state index is 0.490. The minimum atomic E-state index is 0.490. The summed E-state index contributed by atoms with van der Waals surface area (Å²) < 4.78 is 0.814. The van der Waals surface area contributed by atoms with Crippen molar-refractivity contribution in [3.8, 4) is 0 Å². The Balaban J connectivity index is 1.73. The third-order valence-electron chi connectivity index (χ3n) is 3.85. The first kappa shape index (κ1) is 12.6. The van der Waals surface area contributed by atoms with Gasteiger partial charge in [-0.3, -0.25) is 4.90 Å². The number of likely N-dealkylation sites (tertiary alicyclic amines) is 1. The Bertz CT molecular complexity index is 436. The van der Waals surface area contributed by atoms with Gasteiger partial charge in [0.15, 0.2) is 0 Å². The fourth-order valence-electron chi connectivity index (χ4n) is 2.90. The van der Waals surface area contributed by atoms with Crippen molar-refractivity contribution >= 4 is 33.3 Å². The molecule has 98 valence electrons. The molecule has 3 rings (SSSR count). The molecular formula is C12H16BrClN4. The third kappa shape index (κ3) is 2.36. The SMILES string of the molecule is Clc1ncnc(N2CCC(N3CCCC3)C2)c1Br. The highest BCUT2D eigenvalue weighted by atomic mass is 79.9. The number of aromatic nitrogens is 2. The summed E-state index contributed by atoms with van der Waals surface area (Å²) in [4.78, 5) is 13.2. The quantitative estimate of drug-likeness (QED) is 0.780. The van der Waals surface area contributed by atoms with Gasteiger partial charge in [0.1, 0.15) is 17.3 Å². The van der Waals surface area contributed by atoms with Crippen molar-refractivity contribution < 1.29 is 0 Å². The van der Waals surface area contributed by atoms with Gasteiger partial charge in [-0.2, -0.15) is 0 Å². The van der Waals surface area contributed by atoms with Crippen LogP contribution in [0.5, 0.6) is 0 Å². The smallest absolute Gasteiger partial charge is 0.148 e. The van der Waals surface area contributed by atoms with Crippen LogP contribution >= 0.6 is 27.5 Å². The summed E-state index contributed by atoms with van der Waals surface area (Å²) in [7, 11) is 0. The maximum atomic E-state index is 6.02. The van der Waals surface area contributed by atoms with Crippen LogP contribution in [0.15, 0.2) is 10.8 Å².